The number of carbonyl (C=O) groups excluding carboxylic acids is 1. The van der Waals surface area contributed by atoms with Crippen LogP contribution in [0.25, 0.3) is 0 Å². The van der Waals surface area contributed by atoms with Gasteiger partial charge in [0.15, 0.2) is 0 Å². The van der Waals surface area contributed by atoms with Crippen molar-refractivity contribution < 1.29 is 18.3 Å². The maximum absolute atomic E-state index is 13.4. The van der Waals surface area contributed by atoms with Gasteiger partial charge in [-0.15, -0.1) is 0 Å². The molecule has 0 unspecified atom stereocenters. The van der Waals surface area contributed by atoms with Crippen molar-refractivity contribution in [1.29, 1.82) is 0 Å². The number of carbonyl (C=O) groups is 1. The number of nitrogens with zero attached hydrogens (tertiary/aromatic N) is 2. The second-order valence-corrected chi connectivity index (χ2v) is 3.99. The molecule has 1 aliphatic heterocycles. The zero-order chi connectivity index (χ0) is 12.4. The van der Waals surface area contributed by atoms with Crippen LogP contribution in [-0.2, 0) is 9.53 Å². The topological polar surface area (TPSA) is 42.4 Å². The van der Waals surface area contributed by atoms with Gasteiger partial charge in [0, 0.05) is 25.2 Å². The molecule has 0 N–H and O–H groups in total. The first-order chi connectivity index (χ1) is 8.11. The summed E-state index contributed by atoms with van der Waals surface area (Å²) in [5.74, 6) is -2.18. The molecule has 1 saturated heterocycles. The van der Waals surface area contributed by atoms with Crippen LogP contribution >= 0.6 is 0 Å². The number of esters is 1. The van der Waals surface area contributed by atoms with Crippen molar-refractivity contribution in [1.82, 2.24) is 4.98 Å². The Hall–Kier alpha value is -1.72. The van der Waals surface area contributed by atoms with Crippen LogP contribution < -0.4 is 4.90 Å². The molecule has 0 bridgehead atoms. The van der Waals surface area contributed by atoms with Gasteiger partial charge in [-0.1, -0.05) is 0 Å². The molecular weight excluding hydrogens is 230 g/mol. The Balaban J connectivity index is 1.95. The molecule has 92 valence electrons. The molecule has 0 aliphatic carbocycles. The number of ether oxygens (including phenoxy) is 1. The molecule has 6 heteroatoms. The summed E-state index contributed by atoms with van der Waals surface area (Å²) in [6.45, 7) is 1.05. The lowest BCUT2D eigenvalue weighted by Gasteiger charge is -2.40. The molecule has 0 aromatic carbocycles. The molecule has 0 amide bonds. The zero-order valence-corrected chi connectivity index (χ0v) is 9.32. The Morgan fingerprint density at radius 1 is 1.59 bits per heavy atom. The van der Waals surface area contributed by atoms with E-state index in [0.29, 0.717) is 19.5 Å². The molecule has 1 aliphatic rings. The predicted molar refractivity (Wildman–Crippen MR) is 56.5 cm³/mol. The molecule has 1 fully saturated rings. The molecule has 2 rings (SSSR count). The van der Waals surface area contributed by atoms with Gasteiger partial charge in [0.1, 0.15) is 0 Å². The Bertz CT molecular complexity index is 433. The SMILES string of the molecule is COC(=O)CC1CN(c2ccnc(F)c2F)C1. The molecular formula is C11H12F2N2O2. The third kappa shape index (κ3) is 2.35. The van der Waals surface area contributed by atoms with E-state index in [-0.39, 0.29) is 17.6 Å². The van der Waals surface area contributed by atoms with E-state index < -0.39 is 11.8 Å². The summed E-state index contributed by atoms with van der Waals surface area (Å²) >= 11 is 0. The van der Waals surface area contributed by atoms with Crippen LogP contribution in [0, 0.1) is 17.7 Å². The lowest BCUT2D eigenvalue weighted by molar-refractivity contribution is -0.141. The first-order valence-electron chi connectivity index (χ1n) is 5.23. The molecule has 0 radical (unpaired) electrons. The number of aromatic nitrogens is 1. The van der Waals surface area contributed by atoms with Gasteiger partial charge in [-0.05, 0) is 6.07 Å². The van der Waals surface area contributed by atoms with Gasteiger partial charge in [0.2, 0.25) is 5.82 Å². The van der Waals surface area contributed by atoms with Gasteiger partial charge in [-0.25, -0.2) is 4.98 Å². The maximum Gasteiger partial charge on any atom is 0.305 e. The van der Waals surface area contributed by atoms with E-state index in [1.807, 2.05) is 0 Å². The average molecular weight is 242 g/mol. The summed E-state index contributed by atoms with van der Waals surface area (Å²) in [5.41, 5.74) is 0.193. The molecule has 0 spiro atoms. The minimum Gasteiger partial charge on any atom is -0.469 e. The lowest BCUT2D eigenvalue weighted by atomic mass is 9.96. The van der Waals surface area contributed by atoms with E-state index in [4.69, 9.17) is 0 Å². The van der Waals surface area contributed by atoms with Crippen LogP contribution in [-0.4, -0.2) is 31.2 Å². The minimum absolute atomic E-state index is 0.137. The molecule has 17 heavy (non-hydrogen) atoms. The molecule has 0 atom stereocenters. The average Bonchev–Trinajstić information content (AvgIpc) is 2.27. The van der Waals surface area contributed by atoms with E-state index >= 15 is 0 Å². The smallest absolute Gasteiger partial charge is 0.305 e. The number of rotatable bonds is 3. The third-order valence-electron chi connectivity index (χ3n) is 2.81. The summed E-state index contributed by atoms with van der Waals surface area (Å²) in [7, 11) is 1.33. The molecule has 2 heterocycles. The summed E-state index contributed by atoms with van der Waals surface area (Å²) < 4.78 is 30.8. The standard InChI is InChI=1S/C11H12F2N2O2/c1-17-9(16)4-7-5-15(6-7)8-2-3-14-11(13)10(8)12/h2-3,7H,4-6H2,1H3. The van der Waals surface area contributed by atoms with Crippen molar-refractivity contribution in [2.45, 2.75) is 6.42 Å². The number of halogens is 2. The Morgan fingerprint density at radius 3 is 2.94 bits per heavy atom. The van der Waals surface area contributed by atoms with E-state index in [0.717, 1.165) is 0 Å². The Morgan fingerprint density at radius 2 is 2.29 bits per heavy atom. The lowest BCUT2D eigenvalue weighted by Crippen LogP contribution is -2.48. The molecule has 1 aromatic rings. The highest BCUT2D eigenvalue weighted by Crippen LogP contribution is 2.29. The van der Waals surface area contributed by atoms with Gasteiger partial charge >= 0.3 is 5.97 Å². The number of hydrogen-bond acceptors (Lipinski definition) is 4. The normalized spacial score (nSPS) is 15.6. The number of pyridine rings is 1. The van der Waals surface area contributed by atoms with Gasteiger partial charge < -0.3 is 9.64 Å². The second kappa shape index (κ2) is 4.65. The van der Waals surface area contributed by atoms with Crippen LogP contribution in [0.15, 0.2) is 12.3 Å². The quantitative estimate of drug-likeness (QED) is 0.593. The third-order valence-corrected chi connectivity index (χ3v) is 2.81. The second-order valence-electron chi connectivity index (χ2n) is 3.99. The highest BCUT2D eigenvalue weighted by molar-refractivity contribution is 5.70. The number of anilines is 1. The summed E-state index contributed by atoms with van der Waals surface area (Å²) in [5, 5.41) is 0. The fraction of sp³-hybridized carbons (Fsp3) is 0.455. The van der Waals surface area contributed by atoms with Crippen LogP contribution in [0.5, 0.6) is 0 Å². The van der Waals surface area contributed by atoms with Gasteiger partial charge in [0.25, 0.3) is 5.95 Å². The largest absolute Gasteiger partial charge is 0.469 e. The predicted octanol–water partition coefficient (Wildman–Crippen LogP) is 1.36. The van der Waals surface area contributed by atoms with E-state index in [1.54, 1.807) is 4.90 Å². The van der Waals surface area contributed by atoms with Gasteiger partial charge in [-0.2, -0.15) is 8.78 Å². The fourth-order valence-electron chi connectivity index (χ4n) is 1.87. The first-order valence-corrected chi connectivity index (χ1v) is 5.23. The van der Waals surface area contributed by atoms with E-state index in [2.05, 4.69) is 9.72 Å². The Kier molecular flexibility index (Phi) is 3.21. The van der Waals surface area contributed by atoms with Crippen molar-refractivity contribution in [3.63, 3.8) is 0 Å². The van der Waals surface area contributed by atoms with Crippen LogP contribution in [0.4, 0.5) is 14.5 Å². The first kappa shape index (κ1) is 11.8. The number of methoxy groups -OCH3 is 1. The van der Waals surface area contributed by atoms with E-state index in [9.17, 15) is 13.6 Å². The van der Waals surface area contributed by atoms with E-state index in [1.165, 1.54) is 19.4 Å². The van der Waals surface area contributed by atoms with Crippen LogP contribution in [0.2, 0.25) is 0 Å². The summed E-state index contributed by atoms with van der Waals surface area (Å²) in [6.07, 6.45) is 1.53. The van der Waals surface area contributed by atoms with Crippen molar-refractivity contribution in [2.24, 2.45) is 5.92 Å². The van der Waals surface area contributed by atoms with Gasteiger partial charge in [0.05, 0.1) is 19.2 Å². The van der Waals surface area contributed by atoms with Crippen molar-refractivity contribution in [3.05, 3.63) is 24.0 Å². The van der Waals surface area contributed by atoms with Crippen LogP contribution in [0.1, 0.15) is 6.42 Å². The highest BCUT2D eigenvalue weighted by atomic mass is 19.2. The van der Waals surface area contributed by atoms with Crippen molar-refractivity contribution in [3.8, 4) is 0 Å². The fourth-order valence-corrected chi connectivity index (χ4v) is 1.87. The minimum atomic E-state index is -1.10. The maximum atomic E-state index is 13.4. The molecule has 1 aromatic heterocycles. The summed E-state index contributed by atoms with van der Waals surface area (Å²) in [4.78, 5) is 15.9. The van der Waals surface area contributed by atoms with Crippen molar-refractivity contribution in [2.75, 3.05) is 25.1 Å². The van der Waals surface area contributed by atoms with Crippen LogP contribution in [0.3, 0.4) is 0 Å². The van der Waals surface area contributed by atoms with Crippen molar-refractivity contribution >= 4 is 11.7 Å². The molecule has 4 nitrogen and oxygen atoms in total. The Labute approximate surface area is 97.2 Å². The number of hydrogen-bond donors (Lipinski definition) is 0. The summed E-state index contributed by atoms with van der Waals surface area (Å²) in [6, 6.07) is 1.42. The molecule has 0 saturated carbocycles. The monoisotopic (exact) mass is 242 g/mol. The zero-order valence-electron chi connectivity index (χ0n) is 9.32. The van der Waals surface area contributed by atoms with Gasteiger partial charge in [-0.3, -0.25) is 4.79 Å². The highest BCUT2D eigenvalue weighted by Gasteiger charge is 2.31.